The highest BCUT2D eigenvalue weighted by Crippen LogP contribution is 2.40. The SMILES string of the molecule is COc1ccc(CCC(=O)NC2CCNCC2)c(OC)c1OC. The lowest BCUT2D eigenvalue weighted by atomic mass is 10.0. The fraction of sp³-hybridized carbons (Fsp3) is 0.588. The van der Waals surface area contributed by atoms with Gasteiger partial charge in [-0.05, 0) is 44.0 Å². The summed E-state index contributed by atoms with van der Waals surface area (Å²) < 4.78 is 16.1. The van der Waals surface area contributed by atoms with Crippen LogP contribution in [0.25, 0.3) is 0 Å². The van der Waals surface area contributed by atoms with Crippen molar-refractivity contribution in [3.8, 4) is 17.2 Å². The van der Waals surface area contributed by atoms with Crippen LogP contribution in [0.2, 0.25) is 0 Å². The summed E-state index contributed by atoms with van der Waals surface area (Å²) in [6.07, 6.45) is 3.01. The molecular formula is C17H26N2O4. The van der Waals surface area contributed by atoms with Gasteiger partial charge in [0, 0.05) is 12.5 Å². The molecule has 0 atom stereocenters. The predicted octanol–water partition coefficient (Wildman–Crippen LogP) is 1.51. The molecule has 1 amide bonds. The van der Waals surface area contributed by atoms with Crippen LogP contribution in [0.5, 0.6) is 17.2 Å². The Kier molecular flexibility index (Phi) is 6.52. The average Bonchev–Trinajstić information content (AvgIpc) is 2.59. The molecular weight excluding hydrogens is 296 g/mol. The number of ether oxygens (including phenoxy) is 3. The molecule has 1 aliphatic heterocycles. The number of hydrogen-bond donors (Lipinski definition) is 2. The van der Waals surface area contributed by atoms with Gasteiger partial charge >= 0.3 is 0 Å². The highest BCUT2D eigenvalue weighted by molar-refractivity contribution is 5.76. The molecule has 6 nitrogen and oxygen atoms in total. The lowest BCUT2D eigenvalue weighted by molar-refractivity contribution is -0.121. The summed E-state index contributed by atoms with van der Waals surface area (Å²) >= 11 is 0. The van der Waals surface area contributed by atoms with E-state index in [9.17, 15) is 4.79 Å². The van der Waals surface area contributed by atoms with E-state index >= 15 is 0 Å². The second-order valence-electron chi connectivity index (χ2n) is 5.59. The number of carbonyl (C=O) groups excluding carboxylic acids is 1. The summed E-state index contributed by atoms with van der Waals surface area (Å²) in [4.78, 5) is 12.1. The van der Waals surface area contributed by atoms with E-state index in [-0.39, 0.29) is 11.9 Å². The third-order valence-corrected chi connectivity index (χ3v) is 4.11. The summed E-state index contributed by atoms with van der Waals surface area (Å²) in [7, 11) is 4.76. The number of rotatable bonds is 7. The molecule has 0 spiro atoms. The van der Waals surface area contributed by atoms with Gasteiger partial charge in [-0.3, -0.25) is 4.79 Å². The first-order valence-electron chi connectivity index (χ1n) is 7.97. The van der Waals surface area contributed by atoms with Crippen LogP contribution >= 0.6 is 0 Å². The number of amides is 1. The fourth-order valence-electron chi connectivity index (χ4n) is 2.87. The average molecular weight is 322 g/mol. The van der Waals surface area contributed by atoms with Gasteiger partial charge in [-0.1, -0.05) is 6.07 Å². The number of methoxy groups -OCH3 is 3. The molecule has 1 fully saturated rings. The van der Waals surface area contributed by atoms with Crippen LogP contribution in [0.15, 0.2) is 12.1 Å². The fourth-order valence-corrected chi connectivity index (χ4v) is 2.87. The first kappa shape index (κ1) is 17.4. The second kappa shape index (κ2) is 8.62. The quantitative estimate of drug-likeness (QED) is 0.796. The van der Waals surface area contributed by atoms with Crippen molar-refractivity contribution in [1.29, 1.82) is 0 Å². The lowest BCUT2D eigenvalue weighted by Gasteiger charge is -2.23. The van der Waals surface area contributed by atoms with Crippen LogP contribution < -0.4 is 24.8 Å². The van der Waals surface area contributed by atoms with Gasteiger partial charge in [-0.2, -0.15) is 0 Å². The van der Waals surface area contributed by atoms with Gasteiger partial charge in [0.05, 0.1) is 21.3 Å². The molecule has 6 heteroatoms. The Bertz CT molecular complexity index is 528. The van der Waals surface area contributed by atoms with Crippen molar-refractivity contribution in [1.82, 2.24) is 10.6 Å². The molecule has 2 rings (SSSR count). The Labute approximate surface area is 137 Å². The van der Waals surface area contributed by atoms with Gasteiger partial charge in [-0.25, -0.2) is 0 Å². The molecule has 1 aromatic rings. The Balaban J connectivity index is 1.97. The van der Waals surface area contributed by atoms with E-state index in [0.717, 1.165) is 31.5 Å². The minimum absolute atomic E-state index is 0.0775. The van der Waals surface area contributed by atoms with Gasteiger partial charge < -0.3 is 24.8 Å². The molecule has 0 aromatic heterocycles. The monoisotopic (exact) mass is 322 g/mol. The molecule has 0 unspecified atom stereocenters. The predicted molar refractivity (Wildman–Crippen MR) is 88.5 cm³/mol. The number of piperidine rings is 1. The minimum Gasteiger partial charge on any atom is -0.493 e. The normalized spacial score (nSPS) is 15.1. The van der Waals surface area contributed by atoms with E-state index in [0.29, 0.717) is 30.1 Å². The molecule has 1 aromatic carbocycles. The van der Waals surface area contributed by atoms with Crippen molar-refractivity contribution in [2.24, 2.45) is 0 Å². The van der Waals surface area contributed by atoms with Gasteiger partial charge in [0.15, 0.2) is 11.5 Å². The minimum atomic E-state index is 0.0775. The molecule has 0 saturated carbocycles. The zero-order chi connectivity index (χ0) is 16.7. The number of aryl methyl sites for hydroxylation is 1. The van der Waals surface area contributed by atoms with Crippen LogP contribution in [0.4, 0.5) is 0 Å². The molecule has 1 saturated heterocycles. The van der Waals surface area contributed by atoms with Crippen molar-refractivity contribution in [3.05, 3.63) is 17.7 Å². The Morgan fingerprint density at radius 2 is 1.83 bits per heavy atom. The van der Waals surface area contributed by atoms with E-state index in [1.54, 1.807) is 21.3 Å². The van der Waals surface area contributed by atoms with Crippen molar-refractivity contribution in [3.63, 3.8) is 0 Å². The summed E-state index contributed by atoms with van der Waals surface area (Å²) in [5, 5.41) is 6.39. The number of carbonyl (C=O) groups is 1. The lowest BCUT2D eigenvalue weighted by Crippen LogP contribution is -2.42. The zero-order valence-electron chi connectivity index (χ0n) is 14.1. The van der Waals surface area contributed by atoms with Crippen molar-refractivity contribution >= 4 is 5.91 Å². The highest BCUT2D eigenvalue weighted by Gasteiger charge is 2.18. The molecule has 128 valence electrons. The smallest absolute Gasteiger partial charge is 0.220 e. The molecule has 23 heavy (non-hydrogen) atoms. The van der Waals surface area contributed by atoms with Gasteiger partial charge in [0.1, 0.15) is 0 Å². The summed E-state index contributed by atoms with van der Waals surface area (Å²) in [5.74, 6) is 1.88. The third-order valence-electron chi connectivity index (χ3n) is 4.11. The van der Waals surface area contributed by atoms with Crippen molar-refractivity contribution < 1.29 is 19.0 Å². The van der Waals surface area contributed by atoms with E-state index in [2.05, 4.69) is 10.6 Å². The first-order chi connectivity index (χ1) is 11.2. The van der Waals surface area contributed by atoms with E-state index in [1.807, 2.05) is 12.1 Å². The summed E-state index contributed by atoms with van der Waals surface area (Å²) in [6, 6.07) is 4.04. The van der Waals surface area contributed by atoms with Gasteiger partial charge in [0.25, 0.3) is 0 Å². The maximum absolute atomic E-state index is 12.1. The molecule has 1 aliphatic rings. The van der Waals surface area contributed by atoms with E-state index in [4.69, 9.17) is 14.2 Å². The molecule has 0 bridgehead atoms. The standard InChI is InChI=1S/C17H26N2O4/c1-21-14-6-4-12(16(22-2)17(14)23-3)5-7-15(20)19-13-8-10-18-11-9-13/h4,6,13,18H,5,7-11H2,1-3H3,(H,19,20). The maximum Gasteiger partial charge on any atom is 0.220 e. The largest absolute Gasteiger partial charge is 0.493 e. The number of nitrogens with one attached hydrogen (secondary N) is 2. The van der Waals surface area contributed by atoms with Gasteiger partial charge in [-0.15, -0.1) is 0 Å². The number of benzene rings is 1. The van der Waals surface area contributed by atoms with E-state index in [1.165, 1.54) is 0 Å². The first-order valence-corrected chi connectivity index (χ1v) is 7.97. The van der Waals surface area contributed by atoms with Crippen LogP contribution in [0.1, 0.15) is 24.8 Å². The Morgan fingerprint density at radius 1 is 1.13 bits per heavy atom. The van der Waals surface area contributed by atoms with E-state index < -0.39 is 0 Å². The Morgan fingerprint density at radius 3 is 2.43 bits per heavy atom. The van der Waals surface area contributed by atoms with Crippen molar-refractivity contribution in [2.75, 3.05) is 34.4 Å². The zero-order valence-corrected chi connectivity index (χ0v) is 14.1. The van der Waals surface area contributed by atoms with Crippen LogP contribution in [0.3, 0.4) is 0 Å². The van der Waals surface area contributed by atoms with Crippen LogP contribution in [-0.2, 0) is 11.2 Å². The molecule has 1 heterocycles. The van der Waals surface area contributed by atoms with Gasteiger partial charge in [0.2, 0.25) is 11.7 Å². The van der Waals surface area contributed by atoms with Crippen LogP contribution in [-0.4, -0.2) is 46.4 Å². The summed E-state index contributed by atoms with van der Waals surface area (Å²) in [5.41, 5.74) is 0.936. The summed E-state index contributed by atoms with van der Waals surface area (Å²) in [6.45, 7) is 1.93. The molecule has 0 aliphatic carbocycles. The molecule has 0 radical (unpaired) electrons. The maximum atomic E-state index is 12.1. The topological polar surface area (TPSA) is 68.8 Å². The second-order valence-corrected chi connectivity index (χ2v) is 5.59. The van der Waals surface area contributed by atoms with Crippen LogP contribution in [0, 0.1) is 0 Å². The molecule has 2 N–H and O–H groups in total. The Hall–Kier alpha value is -1.95. The third kappa shape index (κ3) is 4.51. The van der Waals surface area contributed by atoms with Crippen molar-refractivity contribution in [2.45, 2.75) is 31.7 Å². The number of hydrogen-bond acceptors (Lipinski definition) is 5. The highest BCUT2D eigenvalue weighted by atomic mass is 16.5.